The van der Waals surface area contributed by atoms with Gasteiger partial charge in [0.25, 0.3) is 0 Å². The van der Waals surface area contributed by atoms with Gasteiger partial charge in [-0.1, -0.05) is 30.3 Å². The summed E-state index contributed by atoms with van der Waals surface area (Å²) in [5.41, 5.74) is 2.49. The van der Waals surface area contributed by atoms with Crippen molar-refractivity contribution in [3.8, 4) is 0 Å². The van der Waals surface area contributed by atoms with Gasteiger partial charge in [-0.05, 0) is 37.1 Å². The number of nitrogens with zero attached hydrogens (tertiary/aromatic N) is 1. The summed E-state index contributed by atoms with van der Waals surface area (Å²) >= 11 is 0. The van der Waals surface area contributed by atoms with Gasteiger partial charge >= 0.3 is 0 Å². The summed E-state index contributed by atoms with van der Waals surface area (Å²) < 4.78 is 0. The highest BCUT2D eigenvalue weighted by Crippen LogP contribution is 2.17. The van der Waals surface area contributed by atoms with Crippen molar-refractivity contribution in [3.05, 3.63) is 59.8 Å². The Balaban J connectivity index is 2.11. The fourth-order valence-corrected chi connectivity index (χ4v) is 1.66. The zero-order chi connectivity index (χ0) is 11.4. The lowest BCUT2D eigenvalue weighted by molar-refractivity contribution is 0.874. The number of aryl methyl sites for hydroxylation is 1. The van der Waals surface area contributed by atoms with Gasteiger partial charge in [-0.2, -0.15) is 0 Å². The molecular formula is C14H16N2. The predicted octanol–water partition coefficient (Wildman–Crippen LogP) is 3.56. The third-order valence-corrected chi connectivity index (χ3v) is 2.58. The average molecular weight is 212 g/mol. The van der Waals surface area contributed by atoms with Crippen LogP contribution < -0.4 is 5.32 Å². The molecule has 1 atom stereocenters. The van der Waals surface area contributed by atoms with Gasteiger partial charge in [-0.3, -0.25) is 0 Å². The first kappa shape index (κ1) is 10.7. The SMILES string of the molecule is Cc1ccnc(N[C@@H](C)c2ccccc2)c1. The molecule has 0 fully saturated rings. The average Bonchev–Trinajstić information content (AvgIpc) is 2.30. The zero-order valence-electron chi connectivity index (χ0n) is 9.64. The van der Waals surface area contributed by atoms with Crippen molar-refractivity contribution in [1.29, 1.82) is 0 Å². The Hall–Kier alpha value is -1.83. The van der Waals surface area contributed by atoms with Crippen LogP contribution in [0, 0.1) is 6.92 Å². The van der Waals surface area contributed by atoms with Crippen molar-refractivity contribution in [3.63, 3.8) is 0 Å². The summed E-state index contributed by atoms with van der Waals surface area (Å²) in [7, 11) is 0. The van der Waals surface area contributed by atoms with Crippen molar-refractivity contribution >= 4 is 5.82 Å². The predicted molar refractivity (Wildman–Crippen MR) is 67.5 cm³/mol. The molecule has 0 aliphatic rings. The molecule has 0 bridgehead atoms. The van der Waals surface area contributed by atoms with E-state index in [-0.39, 0.29) is 6.04 Å². The molecule has 0 radical (unpaired) electrons. The maximum atomic E-state index is 4.29. The molecule has 1 aromatic carbocycles. The molecule has 16 heavy (non-hydrogen) atoms. The first-order valence-corrected chi connectivity index (χ1v) is 5.50. The monoisotopic (exact) mass is 212 g/mol. The maximum absolute atomic E-state index is 4.29. The van der Waals surface area contributed by atoms with Crippen molar-refractivity contribution in [2.45, 2.75) is 19.9 Å². The third kappa shape index (κ3) is 2.60. The normalized spacial score (nSPS) is 12.1. The van der Waals surface area contributed by atoms with Crippen LogP contribution >= 0.6 is 0 Å². The van der Waals surface area contributed by atoms with Crippen LogP contribution in [0.5, 0.6) is 0 Å². The molecule has 2 rings (SSSR count). The Morgan fingerprint density at radius 2 is 1.88 bits per heavy atom. The Morgan fingerprint density at radius 3 is 2.56 bits per heavy atom. The molecule has 0 aliphatic carbocycles. The minimum atomic E-state index is 0.274. The van der Waals surface area contributed by atoms with Gasteiger partial charge in [-0.25, -0.2) is 4.98 Å². The largest absolute Gasteiger partial charge is 0.364 e. The summed E-state index contributed by atoms with van der Waals surface area (Å²) in [5.74, 6) is 0.927. The number of aromatic nitrogens is 1. The van der Waals surface area contributed by atoms with Crippen molar-refractivity contribution in [2.75, 3.05) is 5.32 Å². The van der Waals surface area contributed by atoms with Gasteiger partial charge in [0, 0.05) is 12.2 Å². The lowest BCUT2D eigenvalue weighted by Gasteiger charge is -2.14. The Morgan fingerprint density at radius 1 is 1.12 bits per heavy atom. The lowest BCUT2D eigenvalue weighted by Crippen LogP contribution is -2.07. The quantitative estimate of drug-likeness (QED) is 0.841. The van der Waals surface area contributed by atoms with Crippen LogP contribution in [0.25, 0.3) is 0 Å². The van der Waals surface area contributed by atoms with Gasteiger partial charge in [0.05, 0.1) is 0 Å². The molecule has 1 heterocycles. The summed E-state index contributed by atoms with van der Waals surface area (Å²) in [6, 6.07) is 14.7. The van der Waals surface area contributed by atoms with E-state index in [2.05, 4.69) is 54.5 Å². The smallest absolute Gasteiger partial charge is 0.126 e. The van der Waals surface area contributed by atoms with Crippen molar-refractivity contribution in [2.24, 2.45) is 0 Å². The number of anilines is 1. The van der Waals surface area contributed by atoms with Crippen molar-refractivity contribution < 1.29 is 0 Å². The topological polar surface area (TPSA) is 24.9 Å². The zero-order valence-corrected chi connectivity index (χ0v) is 9.64. The van der Waals surface area contributed by atoms with Crippen molar-refractivity contribution in [1.82, 2.24) is 4.98 Å². The van der Waals surface area contributed by atoms with Crippen LogP contribution in [-0.4, -0.2) is 4.98 Å². The summed E-state index contributed by atoms with van der Waals surface area (Å²) in [6.07, 6.45) is 1.83. The van der Waals surface area contributed by atoms with E-state index >= 15 is 0 Å². The van der Waals surface area contributed by atoms with Crippen LogP contribution in [0.4, 0.5) is 5.82 Å². The van der Waals surface area contributed by atoms with E-state index in [0.29, 0.717) is 0 Å². The van der Waals surface area contributed by atoms with E-state index < -0.39 is 0 Å². The number of nitrogens with one attached hydrogen (secondary N) is 1. The highest BCUT2D eigenvalue weighted by molar-refractivity contribution is 5.40. The summed E-state index contributed by atoms with van der Waals surface area (Å²) in [5, 5.41) is 3.39. The molecule has 2 nitrogen and oxygen atoms in total. The third-order valence-electron chi connectivity index (χ3n) is 2.58. The van der Waals surface area contributed by atoms with Crippen LogP contribution in [0.3, 0.4) is 0 Å². The van der Waals surface area contributed by atoms with Crippen LogP contribution in [0.15, 0.2) is 48.7 Å². The van der Waals surface area contributed by atoms with E-state index in [4.69, 9.17) is 0 Å². The number of hydrogen-bond acceptors (Lipinski definition) is 2. The second-order valence-corrected chi connectivity index (χ2v) is 4.00. The van der Waals surface area contributed by atoms with Crippen LogP contribution in [0.2, 0.25) is 0 Å². The van der Waals surface area contributed by atoms with E-state index in [1.165, 1.54) is 11.1 Å². The Kier molecular flexibility index (Phi) is 3.20. The second kappa shape index (κ2) is 4.79. The fourth-order valence-electron chi connectivity index (χ4n) is 1.66. The molecule has 0 unspecified atom stereocenters. The fraction of sp³-hybridized carbons (Fsp3) is 0.214. The second-order valence-electron chi connectivity index (χ2n) is 4.00. The molecular weight excluding hydrogens is 196 g/mol. The molecule has 0 spiro atoms. The molecule has 1 N–H and O–H groups in total. The van der Waals surface area contributed by atoms with Gasteiger partial charge < -0.3 is 5.32 Å². The van der Waals surface area contributed by atoms with Gasteiger partial charge in [0.15, 0.2) is 0 Å². The molecule has 1 aromatic heterocycles. The Labute approximate surface area is 96.4 Å². The number of hydrogen-bond donors (Lipinski definition) is 1. The molecule has 0 aliphatic heterocycles. The van der Waals surface area contributed by atoms with E-state index in [0.717, 1.165) is 5.82 Å². The van der Waals surface area contributed by atoms with Gasteiger partial charge in [-0.15, -0.1) is 0 Å². The standard InChI is InChI=1S/C14H16N2/c1-11-8-9-15-14(10-11)16-12(2)13-6-4-3-5-7-13/h3-10,12H,1-2H3,(H,15,16)/t12-/m0/s1. The molecule has 2 aromatic rings. The maximum Gasteiger partial charge on any atom is 0.126 e. The van der Waals surface area contributed by atoms with E-state index in [1.807, 2.05) is 18.3 Å². The highest BCUT2D eigenvalue weighted by Gasteiger charge is 2.04. The number of rotatable bonds is 3. The summed E-state index contributed by atoms with van der Waals surface area (Å²) in [4.78, 5) is 4.29. The highest BCUT2D eigenvalue weighted by atomic mass is 15.0. The lowest BCUT2D eigenvalue weighted by atomic mass is 10.1. The Bertz CT molecular complexity index is 451. The first-order chi connectivity index (χ1) is 7.75. The summed E-state index contributed by atoms with van der Waals surface area (Å²) in [6.45, 7) is 4.21. The molecule has 0 saturated carbocycles. The minimum Gasteiger partial charge on any atom is -0.364 e. The molecule has 0 saturated heterocycles. The van der Waals surface area contributed by atoms with Crippen LogP contribution in [-0.2, 0) is 0 Å². The minimum absolute atomic E-state index is 0.274. The molecule has 0 amide bonds. The first-order valence-electron chi connectivity index (χ1n) is 5.50. The van der Waals surface area contributed by atoms with Gasteiger partial charge in [0.1, 0.15) is 5.82 Å². The van der Waals surface area contributed by atoms with Gasteiger partial charge in [0.2, 0.25) is 0 Å². The van der Waals surface area contributed by atoms with E-state index in [9.17, 15) is 0 Å². The number of pyridine rings is 1. The molecule has 82 valence electrons. The van der Waals surface area contributed by atoms with Crippen LogP contribution in [0.1, 0.15) is 24.1 Å². The van der Waals surface area contributed by atoms with E-state index in [1.54, 1.807) is 0 Å². The molecule has 2 heteroatoms. The number of benzene rings is 1.